The molecule has 0 saturated heterocycles. The Kier molecular flexibility index (Phi) is 3.30. The number of rotatable bonds is 2. The average Bonchev–Trinajstić information content (AvgIpc) is 2.03. The largest absolute Gasteiger partial charge is 0.0961 e. The van der Waals surface area contributed by atoms with E-state index in [1.54, 1.807) is 0 Å². The summed E-state index contributed by atoms with van der Waals surface area (Å²) in [5, 5.41) is 0. The van der Waals surface area contributed by atoms with Crippen molar-refractivity contribution in [2.45, 2.75) is 6.92 Å². The van der Waals surface area contributed by atoms with Crippen LogP contribution in [0.5, 0.6) is 0 Å². The number of benzene rings is 1. The third-order valence-electron chi connectivity index (χ3n) is 1.43. The summed E-state index contributed by atoms with van der Waals surface area (Å²) in [6.45, 7) is 5.77. The Labute approximate surface area is 81.7 Å². The Morgan fingerprint density at radius 1 is 1.33 bits per heavy atom. The number of allylic oxidation sites excluding steroid dienone is 2. The third kappa shape index (κ3) is 3.05. The summed E-state index contributed by atoms with van der Waals surface area (Å²) in [5.41, 5.74) is 2.26. The molecule has 0 atom stereocenters. The SMILES string of the molecule is C=C(C)C=Cc1ccc(Br)cc1. The van der Waals surface area contributed by atoms with E-state index in [0.29, 0.717) is 0 Å². The fourth-order valence-electron chi connectivity index (χ4n) is 0.812. The van der Waals surface area contributed by atoms with E-state index in [-0.39, 0.29) is 0 Å². The highest BCUT2D eigenvalue weighted by atomic mass is 79.9. The molecule has 12 heavy (non-hydrogen) atoms. The molecule has 0 aliphatic rings. The molecule has 0 unspecified atom stereocenters. The first-order chi connectivity index (χ1) is 5.68. The molecular formula is C11H11Br. The molecule has 1 rings (SSSR count). The number of hydrogen-bond acceptors (Lipinski definition) is 0. The van der Waals surface area contributed by atoms with Crippen LogP contribution >= 0.6 is 15.9 Å². The van der Waals surface area contributed by atoms with E-state index >= 15 is 0 Å². The molecule has 0 saturated carbocycles. The molecule has 0 radical (unpaired) electrons. The second kappa shape index (κ2) is 4.27. The van der Waals surface area contributed by atoms with E-state index in [1.807, 2.05) is 25.1 Å². The van der Waals surface area contributed by atoms with Gasteiger partial charge in [-0.05, 0) is 24.6 Å². The van der Waals surface area contributed by atoms with Gasteiger partial charge >= 0.3 is 0 Å². The zero-order valence-corrected chi connectivity index (χ0v) is 8.64. The number of halogens is 1. The van der Waals surface area contributed by atoms with Crippen LogP contribution in [0.1, 0.15) is 12.5 Å². The summed E-state index contributed by atoms with van der Waals surface area (Å²) >= 11 is 3.38. The molecule has 0 aliphatic heterocycles. The van der Waals surface area contributed by atoms with Gasteiger partial charge in [-0.3, -0.25) is 0 Å². The van der Waals surface area contributed by atoms with Crippen molar-refractivity contribution in [3.63, 3.8) is 0 Å². The van der Waals surface area contributed by atoms with Crippen molar-refractivity contribution >= 4 is 22.0 Å². The van der Waals surface area contributed by atoms with Crippen molar-refractivity contribution in [3.8, 4) is 0 Å². The van der Waals surface area contributed by atoms with Crippen molar-refractivity contribution in [2.24, 2.45) is 0 Å². The van der Waals surface area contributed by atoms with Crippen LogP contribution in [0, 0.1) is 0 Å². The maximum absolute atomic E-state index is 3.79. The van der Waals surface area contributed by atoms with Crippen LogP contribution in [0.3, 0.4) is 0 Å². The molecule has 1 heteroatoms. The van der Waals surface area contributed by atoms with E-state index in [1.165, 1.54) is 5.56 Å². The monoisotopic (exact) mass is 222 g/mol. The summed E-state index contributed by atoms with van der Waals surface area (Å²) < 4.78 is 1.11. The summed E-state index contributed by atoms with van der Waals surface area (Å²) in [4.78, 5) is 0. The molecule has 0 spiro atoms. The smallest absolute Gasteiger partial charge is 0.0175 e. The Morgan fingerprint density at radius 2 is 1.92 bits per heavy atom. The minimum absolute atomic E-state index is 1.07. The molecular weight excluding hydrogens is 212 g/mol. The molecule has 0 nitrogen and oxygen atoms in total. The number of hydrogen-bond donors (Lipinski definition) is 0. The van der Waals surface area contributed by atoms with E-state index in [9.17, 15) is 0 Å². The van der Waals surface area contributed by atoms with Crippen LogP contribution in [-0.2, 0) is 0 Å². The van der Waals surface area contributed by atoms with Gasteiger partial charge in [-0.15, -0.1) is 0 Å². The fourth-order valence-corrected chi connectivity index (χ4v) is 1.08. The van der Waals surface area contributed by atoms with Crippen molar-refractivity contribution in [2.75, 3.05) is 0 Å². The summed E-state index contributed by atoms with van der Waals surface area (Å²) in [5.74, 6) is 0. The first kappa shape index (κ1) is 9.27. The zero-order chi connectivity index (χ0) is 8.97. The summed E-state index contributed by atoms with van der Waals surface area (Å²) in [6, 6.07) is 8.17. The van der Waals surface area contributed by atoms with Crippen LogP contribution in [0.25, 0.3) is 6.08 Å². The van der Waals surface area contributed by atoms with Gasteiger partial charge < -0.3 is 0 Å². The molecule has 0 heterocycles. The first-order valence-electron chi connectivity index (χ1n) is 3.77. The Bertz CT molecular complexity index is 293. The van der Waals surface area contributed by atoms with Crippen LogP contribution < -0.4 is 0 Å². The van der Waals surface area contributed by atoms with Gasteiger partial charge in [-0.1, -0.05) is 52.4 Å². The molecule has 0 N–H and O–H groups in total. The lowest BCUT2D eigenvalue weighted by molar-refractivity contribution is 1.56. The molecule has 0 aliphatic carbocycles. The van der Waals surface area contributed by atoms with E-state index in [4.69, 9.17) is 0 Å². The summed E-state index contributed by atoms with van der Waals surface area (Å²) in [7, 11) is 0. The van der Waals surface area contributed by atoms with Crippen molar-refractivity contribution in [3.05, 3.63) is 52.5 Å². The lowest BCUT2D eigenvalue weighted by Gasteiger charge is -1.93. The van der Waals surface area contributed by atoms with Gasteiger partial charge in [0.2, 0.25) is 0 Å². The third-order valence-corrected chi connectivity index (χ3v) is 1.96. The first-order valence-corrected chi connectivity index (χ1v) is 4.57. The van der Waals surface area contributed by atoms with Crippen LogP contribution in [0.15, 0.2) is 47.0 Å². The zero-order valence-electron chi connectivity index (χ0n) is 7.05. The van der Waals surface area contributed by atoms with Crippen molar-refractivity contribution < 1.29 is 0 Å². The topological polar surface area (TPSA) is 0 Å². The summed E-state index contributed by atoms with van der Waals surface area (Å²) in [6.07, 6.45) is 4.05. The highest BCUT2D eigenvalue weighted by Crippen LogP contribution is 2.11. The van der Waals surface area contributed by atoms with Crippen LogP contribution in [0.4, 0.5) is 0 Å². The minimum Gasteiger partial charge on any atom is -0.0961 e. The molecule has 1 aromatic rings. The standard InChI is InChI=1S/C11H11Br/c1-9(2)3-4-10-5-7-11(12)8-6-10/h3-8H,1H2,2H3. The average molecular weight is 223 g/mol. The second-order valence-corrected chi connectivity index (χ2v) is 3.65. The van der Waals surface area contributed by atoms with Gasteiger partial charge in [0.05, 0.1) is 0 Å². The van der Waals surface area contributed by atoms with Gasteiger partial charge in [-0.25, -0.2) is 0 Å². The van der Waals surface area contributed by atoms with Crippen molar-refractivity contribution in [1.29, 1.82) is 0 Å². The predicted octanol–water partition coefficient (Wildman–Crippen LogP) is 4.04. The lowest BCUT2D eigenvalue weighted by atomic mass is 10.2. The highest BCUT2D eigenvalue weighted by Gasteiger charge is 1.86. The second-order valence-electron chi connectivity index (χ2n) is 2.73. The quantitative estimate of drug-likeness (QED) is 0.663. The fraction of sp³-hybridized carbons (Fsp3) is 0.0909. The van der Waals surface area contributed by atoms with Gasteiger partial charge in [0.15, 0.2) is 0 Å². The normalized spacial score (nSPS) is 10.5. The molecule has 0 aromatic heterocycles. The molecule has 0 amide bonds. The van der Waals surface area contributed by atoms with E-state index in [0.717, 1.165) is 10.0 Å². The van der Waals surface area contributed by atoms with Gasteiger partial charge in [0.25, 0.3) is 0 Å². The molecule has 62 valence electrons. The van der Waals surface area contributed by atoms with Crippen molar-refractivity contribution in [1.82, 2.24) is 0 Å². The Morgan fingerprint density at radius 3 is 2.42 bits per heavy atom. The van der Waals surface area contributed by atoms with Gasteiger partial charge in [-0.2, -0.15) is 0 Å². The van der Waals surface area contributed by atoms with Crippen LogP contribution in [0.2, 0.25) is 0 Å². The van der Waals surface area contributed by atoms with Crippen LogP contribution in [-0.4, -0.2) is 0 Å². The molecule has 0 bridgehead atoms. The van der Waals surface area contributed by atoms with E-state index < -0.39 is 0 Å². The lowest BCUT2D eigenvalue weighted by Crippen LogP contribution is -1.70. The molecule has 0 fully saturated rings. The molecule has 1 aromatic carbocycles. The van der Waals surface area contributed by atoms with Gasteiger partial charge in [0, 0.05) is 4.47 Å². The highest BCUT2D eigenvalue weighted by molar-refractivity contribution is 9.10. The van der Waals surface area contributed by atoms with E-state index in [2.05, 4.69) is 40.7 Å². The van der Waals surface area contributed by atoms with Gasteiger partial charge in [0.1, 0.15) is 0 Å². The maximum atomic E-state index is 3.79. The Hall–Kier alpha value is -0.820. The predicted molar refractivity (Wildman–Crippen MR) is 58.0 cm³/mol. The Balaban J connectivity index is 2.77. The minimum atomic E-state index is 1.07. The maximum Gasteiger partial charge on any atom is 0.0175 e.